The summed E-state index contributed by atoms with van der Waals surface area (Å²) in [6, 6.07) is 0.0481. The summed E-state index contributed by atoms with van der Waals surface area (Å²) in [5.41, 5.74) is -0.503. The standard InChI is InChI=1S/C17H29NO5/c1-16(2,3)23-15(20)18-8-6-7-11(18)10-9-12(19)14-13(10)21-17(4,5)22-14/h10-14,19H,6-9H2,1-5H3/t10-,11?,12+,13-,14+/m1/s1. The van der Waals surface area contributed by atoms with Gasteiger partial charge in [0.25, 0.3) is 0 Å². The largest absolute Gasteiger partial charge is 0.444 e. The van der Waals surface area contributed by atoms with Gasteiger partial charge in [-0.15, -0.1) is 0 Å². The minimum Gasteiger partial charge on any atom is -0.444 e. The molecule has 3 fully saturated rings. The van der Waals surface area contributed by atoms with Gasteiger partial charge in [-0.25, -0.2) is 4.79 Å². The van der Waals surface area contributed by atoms with Gasteiger partial charge in [0.1, 0.15) is 11.7 Å². The van der Waals surface area contributed by atoms with Crippen LogP contribution in [0.15, 0.2) is 0 Å². The maximum atomic E-state index is 12.5. The van der Waals surface area contributed by atoms with E-state index in [1.165, 1.54) is 0 Å². The third kappa shape index (κ3) is 3.35. The highest BCUT2D eigenvalue weighted by molar-refractivity contribution is 5.69. The maximum Gasteiger partial charge on any atom is 0.410 e. The Bertz CT molecular complexity index is 472. The molecule has 2 heterocycles. The number of rotatable bonds is 1. The Morgan fingerprint density at radius 3 is 2.57 bits per heavy atom. The van der Waals surface area contributed by atoms with Crippen molar-refractivity contribution in [1.29, 1.82) is 0 Å². The molecule has 5 atom stereocenters. The van der Waals surface area contributed by atoms with Gasteiger partial charge in [-0.3, -0.25) is 0 Å². The lowest BCUT2D eigenvalue weighted by molar-refractivity contribution is -0.168. The second-order valence-electron chi connectivity index (χ2n) is 8.41. The lowest BCUT2D eigenvalue weighted by Gasteiger charge is -2.33. The van der Waals surface area contributed by atoms with Gasteiger partial charge in [0.15, 0.2) is 5.79 Å². The van der Waals surface area contributed by atoms with Crippen molar-refractivity contribution in [2.45, 2.75) is 89.6 Å². The SMILES string of the molecule is CC(C)(C)OC(=O)N1CCCC1[C@H]1C[C@H](O)[C@@H]2OC(C)(C)O[C@@H]21. The molecule has 1 unspecified atom stereocenters. The molecule has 0 bridgehead atoms. The summed E-state index contributed by atoms with van der Waals surface area (Å²) in [6.45, 7) is 10.1. The number of amides is 1. The summed E-state index contributed by atoms with van der Waals surface area (Å²) in [5.74, 6) is -0.587. The molecule has 6 heteroatoms. The van der Waals surface area contributed by atoms with Crippen LogP contribution in [0.2, 0.25) is 0 Å². The number of ether oxygens (including phenoxy) is 3. The van der Waals surface area contributed by atoms with Gasteiger partial charge < -0.3 is 24.2 Å². The average molecular weight is 327 g/mol. The summed E-state index contributed by atoms with van der Waals surface area (Å²) < 4.78 is 17.4. The van der Waals surface area contributed by atoms with Crippen molar-refractivity contribution in [2.24, 2.45) is 5.92 Å². The Morgan fingerprint density at radius 2 is 1.91 bits per heavy atom. The van der Waals surface area contributed by atoms with E-state index in [0.29, 0.717) is 13.0 Å². The number of hydrogen-bond donors (Lipinski definition) is 1. The van der Waals surface area contributed by atoms with Crippen molar-refractivity contribution >= 4 is 6.09 Å². The molecule has 1 amide bonds. The summed E-state index contributed by atoms with van der Waals surface area (Å²) >= 11 is 0. The molecule has 0 spiro atoms. The van der Waals surface area contributed by atoms with Crippen LogP contribution in [0.3, 0.4) is 0 Å². The molecule has 23 heavy (non-hydrogen) atoms. The number of carbonyl (C=O) groups excluding carboxylic acids is 1. The van der Waals surface area contributed by atoms with E-state index in [0.717, 1.165) is 12.8 Å². The fourth-order valence-corrected chi connectivity index (χ4v) is 4.15. The van der Waals surface area contributed by atoms with Gasteiger partial charge in [0.2, 0.25) is 0 Å². The molecule has 0 aromatic heterocycles. The van der Waals surface area contributed by atoms with Crippen molar-refractivity contribution in [3.8, 4) is 0 Å². The van der Waals surface area contributed by atoms with Crippen molar-refractivity contribution in [1.82, 2.24) is 4.90 Å². The number of aliphatic hydroxyl groups excluding tert-OH is 1. The summed E-state index contributed by atoms with van der Waals surface area (Å²) in [5, 5.41) is 10.3. The molecule has 1 aliphatic carbocycles. The second kappa shape index (κ2) is 5.60. The molecule has 1 N–H and O–H groups in total. The quantitative estimate of drug-likeness (QED) is 0.800. The van der Waals surface area contributed by atoms with Crippen LogP contribution in [0.1, 0.15) is 53.9 Å². The number of likely N-dealkylation sites (tertiary alicyclic amines) is 1. The second-order valence-corrected chi connectivity index (χ2v) is 8.41. The number of carbonyl (C=O) groups is 1. The Hall–Kier alpha value is -0.850. The maximum absolute atomic E-state index is 12.5. The normalized spacial score (nSPS) is 39.6. The molecule has 0 aromatic rings. The van der Waals surface area contributed by atoms with Gasteiger partial charge in [0.05, 0.1) is 12.2 Å². The third-order valence-electron chi connectivity index (χ3n) is 4.90. The predicted octanol–water partition coefficient (Wildman–Crippen LogP) is 2.29. The fraction of sp³-hybridized carbons (Fsp3) is 0.941. The Balaban J connectivity index is 1.74. The smallest absolute Gasteiger partial charge is 0.410 e. The molecule has 2 aliphatic heterocycles. The first-order valence-corrected chi connectivity index (χ1v) is 8.61. The van der Waals surface area contributed by atoms with E-state index < -0.39 is 17.5 Å². The first kappa shape index (κ1) is 17.0. The third-order valence-corrected chi connectivity index (χ3v) is 4.90. The Kier molecular flexibility index (Phi) is 4.14. The van der Waals surface area contributed by atoms with Crippen molar-refractivity contribution in [3.63, 3.8) is 0 Å². The van der Waals surface area contributed by atoms with Crippen LogP contribution in [0, 0.1) is 5.92 Å². The van der Waals surface area contributed by atoms with Gasteiger partial charge in [0, 0.05) is 18.5 Å². The molecule has 3 rings (SSSR count). The molecule has 6 nitrogen and oxygen atoms in total. The van der Waals surface area contributed by atoms with Crippen molar-refractivity contribution < 1.29 is 24.1 Å². The zero-order chi connectivity index (χ0) is 17.0. The predicted molar refractivity (Wildman–Crippen MR) is 83.9 cm³/mol. The number of aliphatic hydroxyl groups is 1. The van der Waals surface area contributed by atoms with Crippen LogP contribution >= 0.6 is 0 Å². The van der Waals surface area contributed by atoms with Crippen LogP contribution in [0.25, 0.3) is 0 Å². The highest BCUT2D eigenvalue weighted by Crippen LogP contribution is 2.45. The van der Waals surface area contributed by atoms with Crippen LogP contribution in [-0.2, 0) is 14.2 Å². The van der Waals surface area contributed by atoms with Crippen molar-refractivity contribution in [3.05, 3.63) is 0 Å². The Labute approximate surface area is 138 Å². The number of nitrogens with zero attached hydrogens (tertiary/aromatic N) is 1. The minimum absolute atomic E-state index is 0.0481. The van der Waals surface area contributed by atoms with E-state index in [2.05, 4.69) is 0 Å². The fourth-order valence-electron chi connectivity index (χ4n) is 4.15. The van der Waals surface area contributed by atoms with Crippen LogP contribution in [0.5, 0.6) is 0 Å². The molecule has 132 valence electrons. The number of fused-ring (bicyclic) bond motifs is 1. The minimum atomic E-state index is -0.676. The van der Waals surface area contributed by atoms with Gasteiger partial charge in [-0.1, -0.05) is 0 Å². The first-order chi connectivity index (χ1) is 10.6. The van der Waals surface area contributed by atoms with Gasteiger partial charge >= 0.3 is 6.09 Å². The summed E-state index contributed by atoms with van der Waals surface area (Å²) in [6.07, 6.45) is 1.23. The highest BCUT2D eigenvalue weighted by atomic mass is 16.8. The van der Waals surface area contributed by atoms with Gasteiger partial charge in [-0.05, 0) is 53.9 Å². The molecule has 2 saturated heterocycles. The molecular weight excluding hydrogens is 298 g/mol. The average Bonchev–Trinajstić information content (AvgIpc) is 3.03. The highest BCUT2D eigenvalue weighted by Gasteiger charge is 2.57. The zero-order valence-corrected chi connectivity index (χ0v) is 14.7. The van der Waals surface area contributed by atoms with E-state index in [-0.39, 0.29) is 30.3 Å². The molecule has 0 aromatic carbocycles. The van der Waals surface area contributed by atoms with Crippen LogP contribution < -0.4 is 0 Å². The summed E-state index contributed by atoms with van der Waals surface area (Å²) in [7, 11) is 0. The monoisotopic (exact) mass is 327 g/mol. The van der Waals surface area contributed by atoms with E-state index in [1.807, 2.05) is 39.5 Å². The topological polar surface area (TPSA) is 68.2 Å². The number of hydrogen-bond acceptors (Lipinski definition) is 5. The van der Waals surface area contributed by atoms with E-state index >= 15 is 0 Å². The molecule has 3 aliphatic rings. The summed E-state index contributed by atoms with van der Waals surface area (Å²) in [4.78, 5) is 14.3. The lowest BCUT2D eigenvalue weighted by atomic mass is 9.93. The lowest BCUT2D eigenvalue weighted by Crippen LogP contribution is -2.45. The first-order valence-electron chi connectivity index (χ1n) is 8.61. The van der Waals surface area contributed by atoms with E-state index in [4.69, 9.17) is 14.2 Å². The molecular formula is C17H29NO5. The van der Waals surface area contributed by atoms with E-state index in [9.17, 15) is 9.90 Å². The molecule has 1 saturated carbocycles. The van der Waals surface area contributed by atoms with Crippen LogP contribution in [-0.4, -0.2) is 58.4 Å². The van der Waals surface area contributed by atoms with E-state index in [1.54, 1.807) is 0 Å². The van der Waals surface area contributed by atoms with Crippen LogP contribution in [0.4, 0.5) is 4.79 Å². The molecule has 0 radical (unpaired) electrons. The Morgan fingerprint density at radius 1 is 1.26 bits per heavy atom. The van der Waals surface area contributed by atoms with Crippen molar-refractivity contribution in [2.75, 3.05) is 6.54 Å². The zero-order valence-electron chi connectivity index (χ0n) is 14.7. The van der Waals surface area contributed by atoms with Gasteiger partial charge in [-0.2, -0.15) is 0 Å².